The molecule has 0 aliphatic rings. The maximum atomic E-state index is 12.1. The molecule has 1 unspecified atom stereocenters. The highest BCUT2D eigenvalue weighted by Crippen LogP contribution is 2.08. The molecule has 0 spiro atoms. The van der Waals surface area contributed by atoms with Crippen LogP contribution < -0.4 is 11.1 Å². The van der Waals surface area contributed by atoms with Gasteiger partial charge in [0.25, 0.3) is 0 Å². The number of benzene rings is 2. The van der Waals surface area contributed by atoms with Gasteiger partial charge in [-0.05, 0) is 24.1 Å². The monoisotopic (exact) mass is 313 g/mol. The lowest BCUT2D eigenvalue weighted by Gasteiger charge is -2.22. The Hall–Kier alpha value is -2.86. The summed E-state index contributed by atoms with van der Waals surface area (Å²) in [7, 11) is 0. The van der Waals surface area contributed by atoms with Gasteiger partial charge >= 0.3 is 12.1 Å². The molecule has 2 aromatic carbocycles. The van der Waals surface area contributed by atoms with Crippen molar-refractivity contribution in [3.05, 3.63) is 66.2 Å². The van der Waals surface area contributed by atoms with Crippen LogP contribution in [-0.2, 0) is 6.42 Å². The van der Waals surface area contributed by atoms with Crippen LogP contribution in [0.15, 0.2) is 60.7 Å². The van der Waals surface area contributed by atoms with Gasteiger partial charge in [0.1, 0.15) is 0 Å². The van der Waals surface area contributed by atoms with E-state index in [2.05, 4.69) is 5.32 Å². The second-order valence-electron chi connectivity index (χ2n) is 5.14. The molecule has 120 valence electrons. The predicted molar refractivity (Wildman–Crippen MR) is 88.3 cm³/mol. The topological polar surface area (TPSA) is 95.7 Å². The number of nitrogens with one attached hydrogen (secondary N) is 1. The van der Waals surface area contributed by atoms with Crippen LogP contribution in [0.25, 0.3) is 0 Å². The number of carbonyl (C=O) groups is 2. The van der Waals surface area contributed by atoms with Gasteiger partial charge in [0.15, 0.2) is 0 Å². The number of urea groups is 1. The maximum Gasteiger partial charge on any atom is 0.415 e. The number of carbonyl (C=O) groups excluding carboxylic acids is 1. The van der Waals surface area contributed by atoms with Crippen LogP contribution in [0.3, 0.4) is 0 Å². The molecule has 0 radical (unpaired) electrons. The Morgan fingerprint density at radius 2 is 1.61 bits per heavy atom. The van der Waals surface area contributed by atoms with Gasteiger partial charge in [-0.3, -0.25) is 0 Å². The van der Waals surface area contributed by atoms with Gasteiger partial charge in [0.2, 0.25) is 0 Å². The van der Waals surface area contributed by atoms with Crippen LogP contribution >= 0.6 is 0 Å². The van der Waals surface area contributed by atoms with Gasteiger partial charge in [-0.1, -0.05) is 48.5 Å². The lowest BCUT2D eigenvalue weighted by molar-refractivity contribution is 0.150. The van der Waals surface area contributed by atoms with Gasteiger partial charge in [0.05, 0.1) is 0 Å². The Balaban J connectivity index is 1.98. The molecule has 0 saturated carbocycles. The SMILES string of the molecule is NC(Cc1ccccc1)CN(C(=O)O)C(=O)Nc1ccccc1. The van der Waals surface area contributed by atoms with Crippen molar-refractivity contribution in [1.82, 2.24) is 4.90 Å². The summed E-state index contributed by atoms with van der Waals surface area (Å²) >= 11 is 0. The molecule has 2 rings (SSSR count). The second kappa shape index (κ2) is 7.95. The van der Waals surface area contributed by atoms with Crippen LogP contribution in [0.2, 0.25) is 0 Å². The first-order chi connectivity index (χ1) is 11.1. The highest BCUT2D eigenvalue weighted by atomic mass is 16.4. The number of rotatable bonds is 5. The zero-order valence-corrected chi connectivity index (χ0v) is 12.6. The smallest absolute Gasteiger partial charge is 0.415 e. The minimum absolute atomic E-state index is 0.0805. The summed E-state index contributed by atoms with van der Waals surface area (Å²) in [6.45, 7) is -0.0805. The standard InChI is InChI=1S/C17H19N3O3/c18-14(11-13-7-3-1-4-8-13)12-20(17(22)23)16(21)19-15-9-5-2-6-10-15/h1-10,14H,11-12,18H2,(H,19,21)(H,22,23). The Morgan fingerprint density at radius 3 is 2.17 bits per heavy atom. The minimum atomic E-state index is -1.33. The number of carboxylic acid groups (broad SMARTS) is 1. The van der Waals surface area contributed by atoms with E-state index in [9.17, 15) is 14.7 Å². The van der Waals surface area contributed by atoms with Crippen molar-refractivity contribution in [1.29, 1.82) is 0 Å². The van der Waals surface area contributed by atoms with E-state index in [4.69, 9.17) is 5.73 Å². The number of para-hydroxylation sites is 1. The molecule has 6 nitrogen and oxygen atoms in total. The van der Waals surface area contributed by atoms with E-state index in [0.29, 0.717) is 17.0 Å². The first kappa shape index (κ1) is 16.5. The van der Waals surface area contributed by atoms with Gasteiger partial charge < -0.3 is 16.2 Å². The van der Waals surface area contributed by atoms with Crippen molar-refractivity contribution in [2.24, 2.45) is 5.73 Å². The molecule has 4 N–H and O–H groups in total. The molecule has 0 aliphatic carbocycles. The molecule has 0 aromatic heterocycles. The highest BCUT2D eigenvalue weighted by Gasteiger charge is 2.23. The van der Waals surface area contributed by atoms with Gasteiger partial charge in [-0.15, -0.1) is 0 Å². The van der Waals surface area contributed by atoms with Gasteiger partial charge in [-0.25, -0.2) is 14.5 Å². The van der Waals surface area contributed by atoms with E-state index in [1.165, 1.54) is 0 Å². The average Bonchev–Trinajstić information content (AvgIpc) is 2.54. The molecule has 0 saturated heterocycles. The molecule has 0 fully saturated rings. The average molecular weight is 313 g/mol. The molecular weight excluding hydrogens is 294 g/mol. The fraction of sp³-hybridized carbons (Fsp3) is 0.176. The van der Waals surface area contributed by atoms with E-state index in [-0.39, 0.29) is 6.54 Å². The second-order valence-corrected chi connectivity index (χ2v) is 5.14. The maximum absolute atomic E-state index is 12.1. The van der Waals surface area contributed by atoms with E-state index in [1.54, 1.807) is 30.3 Å². The fourth-order valence-corrected chi connectivity index (χ4v) is 2.18. The molecule has 2 aromatic rings. The quantitative estimate of drug-likeness (QED) is 0.791. The van der Waals surface area contributed by atoms with Crippen molar-refractivity contribution in [3.63, 3.8) is 0 Å². The molecule has 23 heavy (non-hydrogen) atoms. The van der Waals surface area contributed by atoms with E-state index < -0.39 is 18.2 Å². The molecular formula is C17H19N3O3. The number of anilines is 1. The predicted octanol–water partition coefficient (Wildman–Crippen LogP) is 2.77. The van der Waals surface area contributed by atoms with Crippen molar-refractivity contribution in [2.45, 2.75) is 12.5 Å². The number of hydrogen-bond acceptors (Lipinski definition) is 3. The summed E-state index contributed by atoms with van der Waals surface area (Å²) in [6, 6.07) is 17.0. The first-order valence-corrected chi connectivity index (χ1v) is 7.22. The fourth-order valence-electron chi connectivity index (χ4n) is 2.18. The Kier molecular flexibility index (Phi) is 5.71. The van der Waals surface area contributed by atoms with Gasteiger partial charge in [-0.2, -0.15) is 0 Å². The molecule has 0 aliphatic heterocycles. The van der Waals surface area contributed by atoms with Crippen molar-refractivity contribution >= 4 is 17.8 Å². The summed E-state index contributed by atoms with van der Waals surface area (Å²) in [4.78, 5) is 24.1. The summed E-state index contributed by atoms with van der Waals surface area (Å²) in [5.74, 6) is 0. The summed E-state index contributed by atoms with van der Waals surface area (Å²) in [5, 5.41) is 11.8. The number of amides is 3. The van der Waals surface area contributed by atoms with Crippen LogP contribution in [0.1, 0.15) is 5.56 Å². The Morgan fingerprint density at radius 1 is 1.04 bits per heavy atom. The van der Waals surface area contributed by atoms with E-state index in [0.717, 1.165) is 5.56 Å². The third-order valence-corrected chi connectivity index (χ3v) is 3.26. The molecule has 3 amide bonds. The molecule has 0 heterocycles. The zero-order chi connectivity index (χ0) is 16.7. The van der Waals surface area contributed by atoms with Crippen LogP contribution in [0.4, 0.5) is 15.3 Å². The largest absolute Gasteiger partial charge is 0.465 e. The Bertz CT molecular complexity index is 647. The normalized spacial score (nSPS) is 11.5. The van der Waals surface area contributed by atoms with Crippen LogP contribution in [0.5, 0.6) is 0 Å². The molecule has 6 heteroatoms. The summed E-state index contributed by atoms with van der Waals surface area (Å²) in [5.41, 5.74) is 7.51. The minimum Gasteiger partial charge on any atom is -0.465 e. The van der Waals surface area contributed by atoms with Crippen LogP contribution in [0, 0.1) is 0 Å². The Labute approximate surface area is 134 Å². The number of nitrogens with two attached hydrogens (primary N) is 1. The van der Waals surface area contributed by atoms with E-state index >= 15 is 0 Å². The van der Waals surface area contributed by atoms with Crippen LogP contribution in [-0.4, -0.2) is 34.7 Å². The lowest BCUT2D eigenvalue weighted by Crippen LogP contribution is -2.46. The zero-order valence-electron chi connectivity index (χ0n) is 12.6. The summed E-state index contributed by atoms with van der Waals surface area (Å²) in [6.07, 6.45) is -0.842. The first-order valence-electron chi connectivity index (χ1n) is 7.22. The molecule has 1 atom stereocenters. The third kappa shape index (κ3) is 5.12. The molecule has 0 bridgehead atoms. The number of hydrogen-bond donors (Lipinski definition) is 3. The van der Waals surface area contributed by atoms with Gasteiger partial charge in [0, 0.05) is 18.3 Å². The van der Waals surface area contributed by atoms with Crippen molar-refractivity contribution < 1.29 is 14.7 Å². The number of nitrogens with zero attached hydrogens (tertiary/aromatic N) is 1. The number of imide groups is 1. The van der Waals surface area contributed by atoms with Crippen molar-refractivity contribution in [3.8, 4) is 0 Å². The lowest BCUT2D eigenvalue weighted by atomic mass is 10.1. The summed E-state index contributed by atoms with van der Waals surface area (Å²) < 4.78 is 0. The highest BCUT2D eigenvalue weighted by molar-refractivity contribution is 5.98. The van der Waals surface area contributed by atoms with Crippen molar-refractivity contribution in [2.75, 3.05) is 11.9 Å². The third-order valence-electron chi connectivity index (χ3n) is 3.26. The van der Waals surface area contributed by atoms with E-state index in [1.807, 2.05) is 30.3 Å².